The maximum absolute atomic E-state index is 5.70. The molecule has 1 aromatic carbocycles. The van der Waals surface area contributed by atoms with Gasteiger partial charge in [0.1, 0.15) is 5.75 Å². The highest BCUT2D eigenvalue weighted by Gasteiger charge is 2.14. The van der Waals surface area contributed by atoms with E-state index < -0.39 is 0 Å². The van der Waals surface area contributed by atoms with Gasteiger partial charge in [0.05, 0.1) is 6.61 Å². The predicted molar refractivity (Wildman–Crippen MR) is 65.6 cm³/mol. The predicted octanol–water partition coefficient (Wildman–Crippen LogP) is 2.28. The molecule has 1 fully saturated rings. The average molecular weight is 303 g/mol. The summed E-state index contributed by atoms with van der Waals surface area (Å²) in [5.74, 6) is 1.67. The summed E-state index contributed by atoms with van der Waals surface area (Å²) in [4.78, 5) is 0. The minimum absolute atomic E-state index is 0.689. The van der Waals surface area contributed by atoms with E-state index in [1.165, 1.54) is 9.99 Å². The maximum atomic E-state index is 5.70. The molecule has 0 spiro atoms. The summed E-state index contributed by atoms with van der Waals surface area (Å²) in [7, 11) is 0. The SMILES string of the molecule is Ic1ccc(OC[C@@H]2CCNC2)cc1. The maximum Gasteiger partial charge on any atom is 0.119 e. The first-order valence-electron chi connectivity index (χ1n) is 4.94. The summed E-state index contributed by atoms with van der Waals surface area (Å²) >= 11 is 2.30. The fourth-order valence-corrected chi connectivity index (χ4v) is 1.96. The smallest absolute Gasteiger partial charge is 0.119 e. The van der Waals surface area contributed by atoms with Crippen LogP contribution in [0.5, 0.6) is 5.75 Å². The number of ether oxygens (including phenoxy) is 1. The average Bonchev–Trinajstić information content (AvgIpc) is 2.70. The Bertz CT molecular complexity index is 280. The van der Waals surface area contributed by atoms with E-state index in [-0.39, 0.29) is 0 Å². The Kier molecular flexibility index (Phi) is 3.64. The number of halogens is 1. The first-order valence-corrected chi connectivity index (χ1v) is 6.01. The molecule has 1 heterocycles. The van der Waals surface area contributed by atoms with E-state index in [2.05, 4.69) is 40.0 Å². The zero-order valence-corrected chi connectivity index (χ0v) is 10.2. The molecule has 0 amide bonds. The van der Waals surface area contributed by atoms with Crippen LogP contribution in [0.4, 0.5) is 0 Å². The highest BCUT2D eigenvalue weighted by atomic mass is 127. The second-order valence-corrected chi connectivity index (χ2v) is 4.87. The van der Waals surface area contributed by atoms with Crippen molar-refractivity contribution in [3.05, 3.63) is 27.8 Å². The Balaban J connectivity index is 1.82. The molecule has 1 aliphatic rings. The van der Waals surface area contributed by atoms with Gasteiger partial charge < -0.3 is 10.1 Å². The van der Waals surface area contributed by atoms with Crippen molar-refractivity contribution in [3.63, 3.8) is 0 Å². The molecular weight excluding hydrogens is 289 g/mol. The molecule has 1 aliphatic heterocycles. The first-order chi connectivity index (χ1) is 6.84. The molecule has 0 radical (unpaired) electrons. The zero-order chi connectivity index (χ0) is 9.80. The van der Waals surface area contributed by atoms with E-state index in [0.29, 0.717) is 5.92 Å². The fourth-order valence-electron chi connectivity index (χ4n) is 1.60. The van der Waals surface area contributed by atoms with Gasteiger partial charge in [0.15, 0.2) is 0 Å². The molecule has 2 rings (SSSR count). The van der Waals surface area contributed by atoms with Crippen molar-refractivity contribution >= 4 is 22.6 Å². The summed E-state index contributed by atoms with van der Waals surface area (Å²) in [6, 6.07) is 8.21. The van der Waals surface area contributed by atoms with E-state index in [1.807, 2.05) is 12.1 Å². The molecule has 1 N–H and O–H groups in total. The summed E-state index contributed by atoms with van der Waals surface area (Å²) < 4.78 is 6.95. The quantitative estimate of drug-likeness (QED) is 0.865. The van der Waals surface area contributed by atoms with Gasteiger partial charge in [-0.25, -0.2) is 0 Å². The lowest BCUT2D eigenvalue weighted by molar-refractivity contribution is 0.260. The lowest BCUT2D eigenvalue weighted by atomic mass is 10.1. The molecule has 0 unspecified atom stereocenters. The summed E-state index contributed by atoms with van der Waals surface area (Å²) in [6.07, 6.45) is 1.24. The van der Waals surface area contributed by atoms with Crippen LogP contribution in [-0.2, 0) is 0 Å². The molecule has 1 aromatic rings. The van der Waals surface area contributed by atoms with Gasteiger partial charge in [-0.1, -0.05) is 0 Å². The normalized spacial score (nSPS) is 21.1. The van der Waals surface area contributed by atoms with E-state index in [1.54, 1.807) is 0 Å². The molecule has 3 heteroatoms. The topological polar surface area (TPSA) is 21.3 Å². The molecule has 1 atom stereocenters. The van der Waals surface area contributed by atoms with E-state index >= 15 is 0 Å². The van der Waals surface area contributed by atoms with Crippen molar-refractivity contribution in [2.45, 2.75) is 6.42 Å². The van der Waals surface area contributed by atoms with Gasteiger partial charge in [0.2, 0.25) is 0 Å². The lowest BCUT2D eigenvalue weighted by Gasteiger charge is -2.10. The second-order valence-electron chi connectivity index (χ2n) is 3.62. The number of rotatable bonds is 3. The molecule has 1 saturated heterocycles. The van der Waals surface area contributed by atoms with Crippen LogP contribution in [0.3, 0.4) is 0 Å². The largest absolute Gasteiger partial charge is 0.493 e. The van der Waals surface area contributed by atoms with Crippen molar-refractivity contribution in [3.8, 4) is 5.75 Å². The van der Waals surface area contributed by atoms with Crippen molar-refractivity contribution in [1.29, 1.82) is 0 Å². The molecule has 0 bridgehead atoms. The van der Waals surface area contributed by atoms with Crippen LogP contribution in [0, 0.1) is 9.49 Å². The minimum atomic E-state index is 0.689. The summed E-state index contributed by atoms with van der Waals surface area (Å²) in [5.41, 5.74) is 0. The van der Waals surface area contributed by atoms with E-state index in [9.17, 15) is 0 Å². The summed E-state index contributed by atoms with van der Waals surface area (Å²) in [5, 5.41) is 3.34. The van der Waals surface area contributed by atoms with Crippen molar-refractivity contribution in [2.75, 3.05) is 19.7 Å². The molecule has 2 nitrogen and oxygen atoms in total. The molecular formula is C11H14INO. The minimum Gasteiger partial charge on any atom is -0.493 e. The molecule has 0 aromatic heterocycles. The number of hydrogen-bond acceptors (Lipinski definition) is 2. The van der Waals surface area contributed by atoms with Gasteiger partial charge in [0, 0.05) is 16.0 Å². The Morgan fingerprint density at radius 3 is 2.79 bits per heavy atom. The van der Waals surface area contributed by atoms with Gasteiger partial charge in [-0.05, 0) is 59.8 Å². The zero-order valence-electron chi connectivity index (χ0n) is 8.00. The molecule has 76 valence electrons. The van der Waals surface area contributed by atoms with Crippen LogP contribution < -0.4 is 10.1 Å². The van der Waals surface area contributed by atoms with Gasteiger partial charge in [-0.2, -0.15) is 0 Å². The van der Waals surface area contributed by atoms with Crippen LogP contribution in [0.2, 0.25) is 0 Å². The highest BCUT2D eigenvalue weighted by molar-refractivity contribution is 14.1. The Morgan fingerprint density at radius 2 is 2.14 bits per heavy atom. The van der Waals surface area contributed by atoms with Crippen molar-refractivity contribution in [1.82, 2.24) is 5.32 Å². The van der Waals surface area contributed by atoms with Crippen LogP contribution >= 0.6 is 22.6 Å². The number of hydrogen-bond donors (Lipinski definition) is 1. The molecule has 14 heavy (non-hydrogen) atoms. The molecule has 0 aliphatic carbocycles. The van der Waals surface area contributed by atoms with Gasteiger partial charge in [-0.3, -0.25) is 0 Å². The first kappa shape index (κ1) is 10.2. The third-order valence-corrected chi connectivity index (χ3v) is 3.18. The lowest BCUT2D eigenvalue weighted by Crippen LogP contribution is -2.15. The molecule has 0 saturated carbocycles. The van der Waals surface area contributed by atoms with E-state index in [0.717, 1.165) is 25.4 Å². The highest BCUT2D eigenvalue weighted by Crippen LogP contribution is 2.15. The van der Waals surface area contributed by atoms with Crippen molar-refractivity contribution in [2.24, 2.45) is 5.92 Å². The van der Waals surface area contributed by atoms with Crippen molar-refractivity contribution < 1.29 is 4.74 Å². The van der Waals surface area contributed by atoms with Crippen LogP contribution in [0.1, 0.15) is 6.42 Å². The fraction of sp³-hybridized carbons (Fsp3) is 0.455. The third-order valence-electron chi connectivity index (χ3n) is 2.46. The third kappa shape index (κ3) is 2.85. The standard InChI is InChI=1S/C11H14INO/c12-10-1-3-11(4-2-10)14-8-9-5-6-13-7-9/h1-4,9,13H,5-8H2/t9-/m1/s1. The van der Waals surface area contributed by atoms with Gasteiger partial charge in [0.25, 0.3) is 0 Å². The number of nitrogens with one attached hydrogen (secondary N) is 1. The van der Waals surface area contributed by atoms with Gasteiger partial charge >= 0.3 is 0 Å². The Morgan fingerprint density at radius 1 is 1.36 bits per heavy atom. The van der Waals surface area contributed by atoms with Crippen LogP contribution in [-0.4, -0.2) is 19.7 Å². The van der Waals surface area contributed by atoms with E-state index in [4.69, 9.17) is 4.74 Å². The monoisotopic (exact) mass is 303 g/mol. The number of benzene rings is 1. The van der Waals surface area contributed by atoms with Crippen LogP contribution in [0.25, 0.3) is 0 Å². The Labute approximate surface area is 98.2 Å². The van der Waals surface area contributed by atoms with Crippen LogP contribution in [0.15, 0.2) is 24.3 Å². The second kappa shape index (κ2) is 4.98. The Hall–Kier alpha value is -0.290. The van der Waals surface area contributed by atoms with Gasteiger partial charge in [-0.15, -0.1) is 0 Å². The summed E-state index contributed by atoms with van der Waals surface area (Å²) in [6.45, 7) is 3.08.